The first-order valence-corrected chi connectivity index (χ1v) is 7.29. The Hall–Kier alpha value is -0.590. The Balaban J connectivity index is 1.81. The number of hydrogen-bond acceptors (Lipinski definition) is 2. The van der Waals surface area contributed by atoms with Crippen LogP contribution in [0.25, 0.3) is 0 Å². The maximum atomic E-state index is 2.63. The zero-order valence-electron chi connectivity index (χ0n) is 9.13. The Morgan fingerprint density at radius 2 is 2.07 bits per heavy atom. The zero-order valence-corrected chi connectivity index (χ0v) is 10.0. The number of anilines is 1. The molecule has 0 radical (unpaired) electrons. The normalized spacial score (nSPS) is 30.9. The summed E-state index contributed by atoms with van der Waals surface area (Å²) in [6.45, 7) is 1.22. The highest BCUT2D eigenvalue weighted by Crippen LogP contribution is 2.52. The van der Waals surface area contributed by atoms with E-state index in [0.29, 0.717) is 0 Å². The van der Waals surface area contributed by atoms with Gasteiger partial charge in [0.25, 0.3) is 0 Å². The van der Waals surface area contributed by atoms with Crippen LogP contribution >= 0.6 is 8.07 Å². The van der Waals surface area contributed by atoms with Crippen molar-refractivity contribution in [2.75, 3.05) is 30.9 Å². The minimum atomic E-state index is 0.140. The van der Waals surface area contributed by atoms with Crippen LogP contribution < -0.4 is 4.90 Å². The van der Waals surface area contributed by atoms with E-state index >= 15 is 0 Å². The van der Waals surface area contributed by atoms with Gasteiger partial charge in [-0.2, -0.15) is 0 Å². The summed E-state index contributed by atoms with van der Waals surface area (Å²) in [6, 6.07) is 11.7. The first-order chi connectivity index (χ1) is 7.34. The number of rotatable bonds is 1. The van der Waals surface area contributed by atoms with Crippen LogP contribution in [-0.4, -0.2) is 36.8 Å². The quantitative estimate of drug-likeness (QED) is 0.671. The van der Waals surface area contributed by atoms with Crippen molar-refractivity contribution in [3.05, 3.63) is 30.3 Å². The molecule has 1 aromatic carbocycles. The predicted octanol–water partition coefficient (Wildman–Crippen LogP) is 2.57. The Morgan fingerprint density at radius 3 is 2.80 bits per heavy atom. The van der Waals surface area contributed by atoms with Crippen LogP contribution in [0.15, 0.2) is 30.3 Å². The fraction of sp³-hybridized carbons (Fsp3) is 0.500. The van der Waals surface area contributed by atoms with Crippen molar-refractivity contribution < 1.29 is 0 Å². The number of para-hydroxylation sites is 1. The first-order valence-electron chi connectivity index (χ1n) is 5.62. The second kappa shape index (κ2) is 3.77. The highest BCUT2D eigenvalue weighted by molar-refractivity contribution is 7.55. The molecule has 2 bridgehead atoms. The molecule has 15 heavy (non-hydrogen) atoms. The first kappa shape index (κ1) is 9.62. The minimum Gasteiger partial charge on any atom is -0.365 e. The van der Waals surface area contributed by atoms with E-state index in [-0.39, 0.29) is 8.07 Å². The molecular formula is C12H17N2P. The van der Waals surface area contributed by atoms with E-state index < -0.39 is 0 Å². The molecular weight excluding hydrogens is 203 g/mol. The van der Waals surface area contributed by atoms with Crippen molar-refractivity contribution >= 4 is 13.8 Å². The third-order valence-electron chi connectivity index (χ3n) is 3.58. The summed E-state index contributed by atoms with van der Waals surface area (Å²) >= 11 is 0. The van der Waals surface area contributed by atoms with E-state index in [1.54, 1.807) is 0 Å². The molecule has 3 heteroatoms. The fourth-order valence-electron chi connectivity index (χ4n) is 2.59. The molecule has 0 N–H and O–H groups in total. The molecule has 2 atom stereocenters. The standard InChI is InChI=1S/C12H17N2P/c1-13-12-7-8-15(13)10-14(9-12)11-5-3-2-4-6-11/h2-6,12H,7-10H2,1H3. The molecule has 3 rings (SSSR count). The van der Waals surface area contributed by atoms with Gasteiger partial charge in [-0.05, 0) is 39.8 Å². The molecule has 80 valence electrons. The van der Waals surface area contributed by atoms with Gasteiger partial charge in [0, 0.05) is 18.3 Å². The van der Waals surface area contributed by atoms with Crippen LogP contribution in [0, 0.1) is 0 Å². The average Bonchev–Trinajstić information content (AvgIpc) is 2.54. The van der Waals surface area contributed by atoms with Crippen LogP contribution in [0.2, 0.25) is 0 Å². The van der Waals surface area contributed by atoms with Gasteiger partial charge >= 0.3 is 0 Å². The number of hydrogen-bond donors (Lipinski definition) is 0. The van der Waals surface area contributed by atoms with Crippen molar-refractivity contribution in [3.63, 3.8) is 0 Å². The van der Waals surface area contributed by atoms with E-state index in [0.717, 1.165) is 6.04 Å². The second-order valence-electron chi connectivity index (χ2n) is 4.45. The van der Waals surface area contributed by atoms with Crippen LogP contribution in [0.5, 0.6) is 0 Å². The topological polar surface area (TPSA) is 6.48 Å². The summed E-state index contributed by atoms with van der Waals surface area (Å²) in [6.07, 6.45) is 4.12. The van der Waals surface area contributed by atoms with Gasteiger partial charge in [-0.1, -0.05) is 18.2 Å². The lowest BCUT2D eigenvalue weighted by atomic mass is 10.2. The lowest BCUT2D eigenvalue weighted by Crippen LogP contribution is -2.42. The molecule has 0 saturated carbocycles. The summed E-state index contributed by atoms with van der Waals surface area (Å²) in [4.78, 5) is 2.57. The van der Waals surface area contributed by atoms with Crippen LogP contribution in [0.4, 0.5) is 5.69 Å². The van der Waals surface area contributed by atoms with Crippen LogP contribution in [-0.2, 0) is 0 Å². The van der Waals surface area contributed by atoms with Gasteiger partial charge in [0.15, 0.2) is 0 Å². The second-order valence-corrected chi connectivity index (χ2v) is 6.82. The molecule has 2 aliphatic heterocycles. The van der Waals surface area contributed by atoms with Gasteiger partial charge in [0.2, 0.25) is 0 Å². The summed E-state index contributed by atoms with van der Waals surface area (Å²) < 4.78 is 2.63. The monoisotopic (exact) mass is 220 g/mol. The van der Waals surface area contributed by atoms with E-state index in [1.807, 2.05) is 0 Å². The predicted molar refractivity (Wildman–Crippen MR) is 66.6 cm³/mol. The molecule has 2 heterocycles. The molecule has 2 saturated heterocycles. The van der Waals surface area contributed by atoms with Gasteiger partial charge in [-0.15, -0.1) is 0 Å². The summed E-state index contributed by atoms with van der Waals surface area (Å²) in [7, 11) is 2.45. The van der Waals surface area contributed by atoms with Gasteiger partial charge in [0.05, 0.1) is 6.29 Å². The third kappa shape index (κ3) is 1.66. The Kier molecular flexibility index (Phi) is 2.42. The van der Waals surface area contributed by atoms with Crippen molar-refractivity contribution in [2.24, 2.45) is 0 Å². The highest BCUT2D eigenvalue weighted by Gasteiger charge is 2.37. The van der Waals surface area contributed by atoms with E-state index in [1.165, 1.54) is 31.1 Å². The van der Waals surface area contributed by atoms with Gasteiger partial charge < -0.3 is 4.90 Å². The van der Waals surface area contributed by atoms with Crippen molar-refractivity contribution in [2.45, 2.75) is 12.5 Å². The van der Waals surface area contributed by atoms with E-state index in [9.17, 15) is 0 Å². The molecule has 2 nitrogen and oxygen atoms in total. The number of benzene rings is 1. The average molecular weight is 220 g/mol. The molecule has 1 aromatic rings. The SMILES string of the molecule is CN1C2CCP1CN(c1ccccc1)C2. The van der Waals surface area contributed by atoms with Crippen molar-refractivity contribution in [3.8, 4) is 0 Å². The number of fused-ring (bicyclic) bond motifs is 2. The molecule has 0 spiro atoms. The molecule has 2 unspecified atom stereocenters. The lowest BCUT2D eigenvalue weighted by Gasteiger charge is -2.40. The molecule has 2 aliphatic rings. The van der Waals surface area contributed by atoms with Crippen LogP contribution in [0.3, 0.4) is 0 Å². The maximum absolute atomic E-state index is 2.63. The Labute approximate surface area is 92.7 Å². The Morgan fingerprint density at radius 1 is 1.27 bits per heavy atom. The highest BCUT2D eigenvalue weighted by atomic mass is 31.1. The number of nitrogens with zero attached hydrogens (tertiary/aromatic N) is 2. The zero-order chi connectivity index (χ0) is 10.3. The number of likely N-dealkylation sites (N-methyl/N-ethyl adjacent to an activating group) is 1. The fourth-order valence-corrected chi connectivity index (χ4v) is 5.16. The molecule has 0 aromatic heterocycles. The third-order valence-corrected chi connectivity index (χ3v) is 6.24. The van der Waals surface area contributed by atoms with Gasteiger partial charge in [-0.25, -0.2) is 0 Å². The van der Waals surface area contributed by atoms with E-state index in [4.69, 9.17) is 0 Å². The minimum absolute atomic E-state index is 0.140. The molecule has 0 amide bonds. The van der Waals surface area contributed by atoms with E-state index in [2.05, 4.69) is 46.9 Å². The summed E-state index contributed by atoms with van der Waals surface area (Å²) in [5.74, 6) is 0. The molecule has 2 fully saturated rings. The van der Waals surface area contributed by atoms with Crippen molar-refractivity contribution in [1.29, 1.82) is 0 Å². The summed E-state index contributed by atoms with van der Waals surface area (Å²) in [5, 5.41) is 0. The summed E-state index contributed by atoms with van der Waals surface area (Å²) in [5.41, 5.74) is 1.41. The maximum Gasteiger partial charge on any atom is 0.0513 e. The smallest absolute Gasteiger partial charge is 0.0513 e. The van der Waals surface area contributed by atoms with Crippen molar-refractivity contribution in [1.82, 2.24) is 4.67 Å². The van der Waals surface area contributed by atoms with Gasteiger partial charge in [-0.3, -0.25) is 4.67 Å². The Bertz CT molecular complexity index is 327. The van der Waals surface area contributed by atoms with Gasteiger partial charge in [0.1, 0.15) is 0 Å². The largest absolute Gasteiger partial charge is 0.365 e. The van der Waals surface area contributed by atoms with Crippen LogP contribution in [0.1, 0.15) is 6.42 Å². The lowest BCUT2D eigenvalue weighted by molar-refractivity contribution is 0.403. The molecule has 0 aliphatic carbocycles.